The second-order valence-electron chi connectivity index (χ2n) is 4.47. The zero-order valence-electron chi connectivity index (χ0n) is 9.37. The maximum atomic E-state index is 2.38. The minimum Gasteiger partial charge on any atom is -0.0625 e. The van der Waals surface area contributed by atoms with Crippen molar-refractivity contribution in [1.82, 2.24) is 0 Å². The lowest BCUT2D eigenvalue weighted by Gasteiger charge is -2.08. The predicted octanol–water partition coefficient (Wildman–Crippen LogP) is 3.78. The van der Waals surface area contributed by atoms with Crippen molar-refractivity contribution >= 4 is 0 Å². The Bertz CT molecular complexity index is 255. The van der Waals surface area contributed by atoms with Crippen molar-refractivity contribution in [2.24, 2.45) is 11.8 Å². The van der Waals surface area contributed by atoms with Gasteiger partial charge in [0.2, 0.25) is 0 Å². The Morgan fingerprint density at radius 2 is 2.00 bits per heavy atom. The summed E-state index contributed by atoms with van der Waals surface area (Å²) in [7, 11) is 0. The number of hydrogen-bond acceptors (Lipinski definition) is 0. The van der Waals surface area contributed by atoms with Crippen LogP contribution in [0.3, 0.4) is 0 Å². The molecule has 0 heterocycles. The summed E-state index contributed by atoms with van der Waals surface area (Å²) in [5.74, 6) is 1.92. The third kappa shape index (κ3) is 2.33. The van der Waals surface area contributed by atoms with Crippen LogP contribution in [-0.4, -0.2) is 0 Å². The highest BCUT2D eigenvalue weighted by Crippen LogP contribution is 2.32. The normalized spacial score (nSPS) is 27.8. The molecule has 0 nitrogen and oxygen atoms in total. The fourth-order valence-corrected chi connectivity index (χ4v) is 2.46. The van der Waals surface area contributed by atoms with Crippen LogP contribution in [0.25, 0.3) is 0 Å². The van der Waals surface area contributed by atoms with Gasteiger partial charge in [-0.2, -0.15) is 0 Å². The Kier molecular flexibility index (Phi) is 2.68. The summed E-state index contributed by atoms with van der Waals surface area (Å²) < 4.78 is 0. The molecular formula is C13H19+. The highest BCUT2D eigenvalue weighted by Gasteiger charge is 2.20. The van der Waals surface area contributed by atoms with Gasteiger partial charge < -0.3 is 0 Å². The first kappa shape index (κ1) is 8.80. The lowest BCUT2D eigenvalue weighted by molar-refractivity contribution is 0.513. The van der Waals surface area contributed by atoms with Gasteiger partial charge in [0.05, 0.1) is 0 Å². The molecule has 1 aromatic carbocycles. The van der Waals surface area contributed by atoms with Crippen LogP contribution in [0.4, 0.5) is 0 Å². The largest absolute Gasteiger partial charge is 1.00 e. The molecule has 1 fully saturated rings. The van der Waals surface area contributed by atoms with Gasteiger partial charge in [0.1, 0.15) is 0 Å². The van der Waals surface area contributed by atoms with Gasteiger partial charge in [0, 0.05) is 0 Å². The van der Waals surface area contributed by atoms with Crippen molar-refractivity contribution in [3.8, 4) is 0 Å². The molecule has 2 atom stereocenters. The summed E-state index contributed by atoms with van der Waals surface area (Å²) in [5, 5.41) is 0. The van der Waals surface area contributed by atoms with E-state index in [1.165, 1.54) is 31.2 Å². The van der Waals surface area contributed by atoms with Crippen LogP contribution in [0.1, 0.15) is 33.2 Å². The van der Waals surface area contributed by atoms with Gasteiger partial charge in [-0.1, -0.05) is 43.7 Å². The Labute approximate surface area is 82.5 Å². The number of benzene rings is 1. The minimum absolute atomic E-state index is 0. The Balaban J connectivity index is 0.000000980. The molecule has 0 amide bonds. The van der Waals surface area contributed by atoms with E-state index >= 15 is 0 Å². The summed E-state index contributed by atoms with van der Waals surface area (Å²) in [6.07, 6.45) is 5.62. The fraction of sp³-hybridized carbons (Fsp3) is 0.538. The van der Waals surface area contributed by atoms with E-state index in [4.69, 9.17) is 0 Å². The highest BCUT2D eigenvalue weighted by molar-refractivity contribution is 5.15. The van der Waals surface area contributed by atoms with Crippen LogP contribution in [0.5, 0.6) is 0 Å². The van der Waals surface area contributed by atoms with E-state index in [9.17, 15) is 0 Å². The summed E-state index contributed by atoms with van der Waals surface area (Å²) in [6.45, 7) is 2.38. The molecule has 0 saturated heterocycles. The monoisotopic (exact) mass is 175 g/mol. The fourth-order valence-electron chi connectivity index (χ4n) is 2.46. The standard InChI is InChI=1S/C13H18/c1-11-7-8-13(9-11)10-12-5-3-2-4-6-12/h2-6,11,13H,7-10H2,1H3/p+1. The Hall–Kier alpha value is -0.780. The molecule has 1 aliphatic rings. The van der Waals surface area contributed by atoms with Crippen molar-refractivity contribution in [3.63, 3.8) is 0 Å². The molecule has 0 radical (unpaired) electrons. The van der Waals surface area contributed by atoms with E-state index in [-0.39, 0.29) is 1.43 Å². The van der Waals surface area contributed by atoms with E-state index in [0.717, 1.165) is 11.8 Å². The van der Waals surface area contributed by atoms with E-state index in [1.807, 2.05) is 0 Å². The summed E-state index contributed by atoms with van der Waals surface area (Å²) in [5.41, 5.74) is 1.52. The molecular weight excluding hydrogens is 156 g/mol. The van der Waals surface area contributed by atoms with Crippen LogP contribution < -0.4 is 0 Å². The molecule has 13 heavy (non-hydrogen) atoms. The maximum Gasteiger partial charge on any atom is 1.00 e. The third-order valence-corrected chi connectivity index (χ3v) is 3.17. The molecule has 2 rings (SSSR count). The number of hydrogen-bond donors (Lipinski definition) is 0. The highest BCUT2D eigenvalue weighted by atomic mass is 14.3. The quantitative estimate of drug-likeness (QED) is 0.641. The lowest BCUT2D eigenvalue weighted by Crippen LogP contribution is -1.99. The van der Waals surface area contributed by atoms with Crippen molar-refractivity contribution < 1.29 is 1.43 Å². The maximum absolute atomic E-state index is 2.38. The molecule has 0 N–H and O–H groups in total. The van der Waals surface area contributed by atoms with Crippen molar-refractivity contribution in [3.05, 3.63) is 35.9 Å². The molecule has 70 valence electrons. The van der Waals surface area contributed by atoms with Gasteiger partial charge in [-0.25, -0.2) is 0 Å². The lowest BCUT2D eigenvalue weighted by atomic mass is 9.97. The van der Waals surface area contributed by atoms with Gasteiger partial charge in [0.25, 0.3) is 0 Å². The van der Waals surface area contributed by atoms with Gasteiger partial charge in [-0.05, 0) is 36.7 Å². The van der Waals surface area contributed by atoms with Gasteiger partial charge in [-0.15, -0.1) is 0 Å². The first-order chi connectivity index (χ1) is 6.34. The average molecular weight is 175 g/mol. The molecule has 0 aliphatic heterocycles. The van der Waals surface area contributed by atoms with Gasteiger partial charge in [0.15, 0.2) is 0 Å². The SMILES string of the molecule is CC1CCC(Cc2ccccc2)C1.[H+]. The van der Waals surface area contributed by atoms with E-state index in [2.05, 4.69) is 37.3 Å². The first-order valence-corrected chi connectivity index (χ1v) is 5.38. The minimum atomic E-state index is 0. The van der Waals surface area contributed by atoms with Gasteiger partial charge in [-0.3, -0.25) is 0 Å². The predicted molar refractivity (Wildman–Crippen MR) is 57.8 cm³/mol. The van der Waals surface area contributed by atoms with Crippen molar-refractivity contribution in [1.29, 1.82) is 0 Å². The second kappa shape index (κ2) is 3.95. The smallest absolute Gasteiger partial charge is 0.0625 e. The third-order valence-electron chi connectivity index (χ3n) is 3.17. The van der Waals surface area contributed by atoms with Crippen LogP contribution in [0, 0.1) is 11.8 Å². The van der Waals surface area contributed by atoms with E-state index < -0.39 is 0 Å². The Morgan fingerprint density at radius 1 is 1.23 bits per heavy atom. The zero-order chi connectivity index (χ0) is 9.10. The van der Waals surface area contributed by atoms with Crippen LogP contribution in [-0.2, 0) is 6.42 Å². The van der Waals surface area contributed by atoms with Crippen LogP contribution >= 0.6 is 0 Å². The molecule has 1 saturated carbocycles. The average Bonchev–Trinajstić information content (AvgIpc) is 2.53. The molecule has 2 unspecified atom stereocenters. The van der Waals surface area contributed by atoms with Crippen molar-refractivity contribution in [2.75, 3.05) is 0 Å². The molecule has 0 bridgehead atoms. The molecule has 1 aromatic rings. The molecule has 0 spiro atoms. The summed E-state index contributed by atoms with van der Waals surface area (Å²) in [6, 6.07) is 10.9. The topological polar surface area (TPSA) is 0 Å². The molecule has 0 aromatic heterocycles. The second-order valence-corrected chi connectivity index (χ2v) is 4.47. The number of rotatable bonds is 2. The van der Waals surface area contributed by atoms with Crippen molar-refractivity contribution in [2.45, 2.75) is 32.6 Å². The Morgan fingerprint density at radius 3 is 2.62 bits per heavy atom. The molecule has 1 aliphatic carbocycles. The van der Waals surface area contributed by atoms with E-state index in [1.54, 1.807) is 0 Å². The van der Waals surface area contributed by atoms with Crippen LogP contribution in [0.2, 0.25) is 0 Å². The van der Waals surface area contributed by atoms with Gasteiger partial charge >= 0.3 is 1.43 Å². The zero-order valence-corrected chi connectivity index (χ0v) is 8.37. The molecule has 0 heteroatoms. The summed E-state index contributed by atoms with van der Waals surface area (Å²) >= 11 is 0. The van der Waals surface area contributed by atoms with E-state index in [0.29, 0.717) is 0 Å². The summed E-state index contributed by atoms with van der Waals surface area (Å²) in [4.78, 5) is 0. The van der Waals surface area contributed by atoms with Crippen LogP contribution in [0.15, 0.2) is 30.3 Å². The first-order valence-electron chi connectivity index (χ1n) is 5.38.